The highest BCUT2D eigenvalue weighted by molar-refractivity contribution is 5.45. The van der Waals surface area contributed by atoms with E-state index in [-0.39, 0.29) is 17.9 Å². The maximum atomic E-state index is 13.7. The van der Waals surface area contributed by atoms with Crippen LogP contribution in [0.25, 0.3) is 0 Å². The standard InChI is InChI=1S/C16H11FN2O2/c1-20-15-4-3-12(6-13(15)9-19)10-21-16-5-2-11(8-18)7-14(16)17/h2-7H,10H2,1H3. The molecular formula is C16H11FN2O2. The minimum absolute atomic E-state index is 0.0586. The summed E-state index contributed by atoms with van der Waals surface area (Å²) < 4.78 is 24.1. The predicted octanol–water partition coefficient (Wildman–Crippen LogP) is 3.16. The summed E-state index contributed by atoms with van der Waals surface area (Å²) in [6.45, 7) is 0.113. The summed E-state index contributed by atoms with van der Waals surface area (Å²) in [5.74, 6) is -0.0582. The van der Waals surface area contributed by atoms with Crippen molar-refractivity contribution in [2.45, 2.75) is 6.61 Å². The Morgan fingerprint density at radius 1 is 1.05 bits per heavy atom. The quantitative estimate of drug-likeness (QED) is 0.864. The monoisotopic (exact) mass is 282 g/mol. The van der Waals surface area contributed by atoms with Gasteiger partial charge in [0.25, 0.3) is 0 Å². The van der Waals surface area contributed by atoms with Crippen molar-refractivity contribution in [3.63, 3.8) is 0 Å². The zero-order valence-electron chi connectivity index (χ0n) is 11.3. The number of hydrogen-bond acceptors (Lipinski definition) is 4. The number of hydrogen-bond donors (Lipinski definition) is 0. The first kappa shape index (κ1) is 14.4. The van der Waals surface area contributed by atoms with Crippen LogP contribution in [0.3, 0.4) is 0 Å². The lowest BCUT2D eigenvalue weighted by Crippen LogP contribution is -1.99. The van der Waals surface area contributed by atoms with Gasteiger partial charge in [-0.1, -0.05) is 6.07 Å². The lowest BCUT2D eigenvalue weighted by Gasteiger charge is -2.09. The molecule has 0 atom stereocenters. The highest BCUT2D eigenvalue weighted by atomic mass is 19.1. The molecule has 0 aliphatic heterocycles. The van der Waals surface area contributed by atoms with E-state index in [4.69, 9.17) is 20.0 Å². The van der Waals surface area contributed by atoms with Crippen LogP contribution < -0.4 is 9.47 Å². The maximum absolute atomic E-state index is 13.7. The molecule has 0 bridgehead atoms. The van der Waals surface area contributed by atoms with Crippen molar-refractivity contribution >= 4 is 0 Å². The molecule has 5 heteroatoms. The molecular weight excluding hydrogens is 271 g/mol. The van der Waals surface area contributed by atoms with Gasteiger partial charge in [0, 0.05) is 0 Å². The molecule has 0 aromatic heterocycles. The van der Waals surface area contributed by atoms with E-state index in [0.29, 0.717) is 11.3 Å². The number of halogens is 1. The lowest BCUT2D eigenvalue weighted by molar-refractivity contribution is 0.290. The molecule has 0 amide bonds. The highest BCUT2D eigenvalue weighted by Gasteiger charge is 2.07. The topological polar surface area (TPSA) is 66.0 Å². The zero-order chi connectivity index (χ0) is 15.2. The summed E-state index contributed by atoms with van der Waals surface area (Å²) in [5.41, 5.74) is 1.34. The summed E-state index contributed by atoms with van der Waals surface area (Å²) in [5, 5.41) is 17.7. The molecule has 104 valence electrons. The van der Waals surface area contributed by atoms with Crippen LogP contribution in [0, 0.1) is 28.5 Å². The van der Waals surface area contributed by atoms with Crippen molar-refractivity contribution in [3.05, 3.63) is 58.9 Å². The third kappa shape index (κ3) is 3.29. The van der Waals surface area contributed by atoms with E-state index in [1.807, 2.05) is 12.1 Å². The van der Waals surface area contributed by atoms with Crippen LogP contribution in [-0.2, 0) is 6.61 Å². The Bertz CT molecular complexity index is 745. The van der Waals surface area contributed by atoms with Crippen LogP contribution >= 0.6 is 0 Å². The van der Waals surface area contributed by atoms with Crippen LogP contribution in [0.2, 0.25) is 0 Å². The minimum atomic E-state index is -0.594. The Morgan fingerprint density at radius 3 is 2.43 bits per heavy atom. The summed E-state index contributed by atoms with van der Waals surface area (Å²) in [7, 11) is 1.48. The SMILES string of the molecule is COc1ccc(COc2ccc(C#N)cc2F)cc1C#N. The number of ether oxygens (including phenoxy) is 2. The van der Waals surface area contributed by atoms with E-state index in [1.165, 1.54) is 19.2 Å². The number of benzene rings is 2. The van der Waals surface area contributed by atoms with Gasteiger partial charge < -0.3 is 9.47 Å². The van der Waals surface area contributed by atoms with Crippen molar-refractivity contribution in [2.75, 3.05) is 7.11 Å². The van der Waals surface area contributed by atoms with Gasteiger partial charge in [0.15, 0.2) is 11.6 Å². The van der Waals surface area contributed by atoms with Gasteiger partial charge in [-0.25, -0.2) is 4.39 Å². The molecule has 0 aliphatic carbocycles. The Labute approximate surface area is 121 Å². The average Bonchev–Trinajstić information content (AvgIpc) is 2.53. The molecule has 0 N–H and O–H groups in total. The van der Waals surface area contributed by atoms with Gasteiger partial charge in [0.05, 0.1) is 24.3 Å². The van der Waals surface area contributed by atoms with E-state index in [9.17, 15) is 4.39 Å². The highest BCUT2D eigenvalue weighted by Crippen LogP contribution is 2.22. The Morgan fingerprint density at radius 2 is 1.81 bits per heavy atom. The molecule has 0 spiro atoms. The fourth-order valence-corrected chi connectivity index (χ4v) is 1.78. The fraction of sp³-hybridized carbons (Fsp3) is 0.125. The average molecular weight is 282 g/mol. The normalized spacial score (nSPS) is 9.52. The molecule has 0 radical (unpaired) electrons. The minimum Gasteiger partial charge on any atom is -0.495 e. The van der Waals surface area contributed by atoms with E-state index < -0.39 is 5.82 Å². The molecule has 2 rings (SSSR count). The molecule has 0 fully saturated rings. The third-order valence-electron chi connectivity index (χ3n) is 2.84. The van der Waals surface area contributed by atoms with Crippen molar-refractivity contribution in [1.82, 2.24) is 0 Å². The second kappa shape index (κ2) is 6.40. The van der Waals surface area contributed by atoms with Crippen molar-refractivity contribution in [3.8, 4) is 23.6 Å². The van der Waals surface area contributed by atoms with Gasteiger partial charge in [-0.05, 0) is 35.9 Å². The Kier molecular flexibility index (Phi) is 4.38. The number of nitriles is 2. The molecule has 2 aromatic rings. The smallest absolute Gasteiger partial charge is 0.166 e. The largest absolute Gasteiger partial charge is 0.495 e. The summed E-state index contributed by atoms with van der Waals surface area (Å²) >= 11 is 0. The van der Waals surface area contributed by atoms with Crippen molar-refractivity contribution in [1.29, 1.82) is 10.5 Å². The number of nitrogens with zero attached hydrogens (tertiary/aromatic N) is 2. The van der Waals surface area contributed by atoms with Gasteiger partial charge >= 0.3 is 0 Å². The molecule has 0 unspecified atom stereocenters. The summed E-state index contributed by atoms with van der Waals surface area (Å²) in [6.07, 6.45) is 0. The van der Waals surface area contributed by atoms with Crippen LogP contribution in [0.4, 0.5) is 4.39 Å². The van der Waals surface area contributed by atoms with E-state index >= 15 is 0 Å². The Hall–Kier alpha value is -3.05. The van der Waals surface area contributed by atoms with Gasteiger partial charge in [0.2, 0.25) is 0 Å². The Balaban J connectivity index is 2.14. The molecule has 0 saturated heterocycles. The second-order valence-corrected chi connectivity index (χ2v) is 4.19. The molecule has 2 aromatic carbocycles. The first-order valence-electron chi connectivity index (χ1n) is 6.07. The second-order valence-electron chi connectivity index (χ2n) is 4.19. The molecule has 4 nitrogen and oxygen atoms in total. The van der Waals surface area contributed by atoms with Crippen LogP contribution in [0.1, 0.15) is 16.7 Å². The van der Waals surface area contributed by atoms with Crippen LogP contribution in [-0.4, -0.2) is 7.11 Å². The molecule has 0 saturated carbocycles. The maximum Gasteiger partial charge on any atom is 0.166 e. The number of rotatable bonds is 4. The zero-order valence-corrected chi connectivity index (χ0v) is 11.3. The summed E-state index contributed by atoms with van der Waals surface area (Å²) in [6, 6.07) is 12.9. The first-order valence-corrected chi connectivity index (χ1v) is 6.07. The van der Waals surface area contributed by atoms with Crippen LogP contribution in [0.15, 0.2) is 36.4 Å². The van der Waals surface area contributed by atoms with E-state index in [2.05, 4.69) is 0 Å². The van der Waals surface area contributed by atoms with Gasteiger partial charge in [-0.2, -0.15) is 10.5 Å². The molecule has 0 aliphatic rings. The van der Waals surface area contributed by atoms with E-state index in [0.717, 1.165) is 11.6 Å². The fourth-order valence-electron chi connectivity index (χ4n) is 1.78. The summed E-state index contributed by atoms with van der Waals surface area (Å²) in [4.78, 5) is 0. The van der Waals surface area contributed by atoms with Gasteiger partial charge in [0.1, 0.15) is 18.4 Å². The molecule has 0 heterocycles. The number of methoxy groups -OCH3 is 1. The van der Waals surface area contributed by atoms with Gasteiger partial charge in [-0.3, -0.25) is 0 Å². The van der Waals surface area contributed by atoms with Crippen molar-refractivity contribution < 1.29 is 13.9 Å². The third-order valence-corrected chi connectivity index (χ3v) is 2.84. The van der Waals surface area contributed by atoms with Gasteiger partial charge in [-0.15, -0.1) is 0 Å². The predicted molar refractivity (Wildman–Crippen MR) is 73.2 cm³/mol. The first-order chi connectivity index (χ1) is 10.2. The van der Waals surface area contributed by atoms with Crippen LogP contribution in [0.5, 0.6) is 11.5 Å². The van der Waals surface area contributed by atoms with E-state index in [1.54, 1.807) is 18.2 Å². The van der Waals surface area contributed by atoms with Crippen molar-refractivity contribution in [2.24, 2.45) is 0 Å². The lowest BCUT2D eigenvalue weighted by atomic mass is 10.1. The molecule has 21 heavy (non-hydrogen) atoms.